The lowest BCUT2D eigenvalue weighted by atomic mass is 10.1. The number of aliphatic carboxylic acids is 1. The summed E-state index contributed by atoms with van der Waals surface area (Å²) in [5.41, 5.74) is 3.54. The van der Waals surface area contributed by atoms with E-state index in [1.54, 1.807) is 18.2 Å². The van der Waals surface area contributed by atoms with Crippen LogP contribution in [-0.4, -0.2) is 28.5 Å². The molecule has 1 amide bonds. The van der Waals surface area contributed by atoms with Crippen LogP contribution in [0.5, 0.6) is 0 Å². The molecule has 1 aromatic heterocycles. The van der Waals surface area contributed by atoms with Gasteiger partial charge in [-0.05, 0) is 42.8 Å². The SMILES string of the molecule is Cc1ccc(-c2nc3cc(Cl)ccc3o2)cc1N1CC(C(=O)O)CC1=O. The molecule has 0 aliphatic carbocycles. The number of carboxylic acid groups (broad SMARTS) is 1. The fourth-order valence-corrected chi connectivity index (χ4v) is 3.33. The standard InChI is InChI=1S/C19H15ClN2O4/c1-10-2-3-11(18-21-14-8-13(20)4-5-16(14)26-18)6-15(10)22-9-12(19(24)25)7-17(22)23/h2-6,8,12H,7,9H2,1H3,(H,24,25). The number of anilines is 1. The van der Waals surface area contributed by atoms with Gasteiger partial charge in [-0.25, -0.2) is 4.98 Å². The third-order valence-corrected chi connectivity index (χ3v) is 4.81. The molecule has 1 aliphatic heterocycles. The Morgan fingerprint density at radius 2 is 2.12 bits per heavy atom. The summed E-state index contributed by atoms with van der Waals surface area (Å²) in [4.78, 5) is 29.5. The van der Waals surface area contributed by atoms with E-state index < -0.39 is 11.9 Å². The smallest absolute Gasteiger partial charge is 0.308 e. The summed E-state index contributed by atoms with van der Waals surface area (Å²) in [5.74, 6) is -1.41. The van der Waals surface area contributed by atoms with E-state index in [9.17, 15) is 14.7 Å². The van der Waals surface area contributed by atoms with Gasteiger partial charge in [0.25, 0.3) is 0 Å². The quantitative estimate of drug-likeness (QED) is 0.756. The van der Waals surface area contributed by atoms with Crippen LogP contribution in [0.3, 0.4) is 0 Å². The minimum atomic E-state index is -0.953. The van der Waals surface area contributed by atoms with Crippen molar-refractivity contribution in [1.82, 2.24) is 4.98 Å². The number of aryl methyl sites for hydroxylation is 1. The van der Waals surface area contributed by atoms with Crippen molar-refractivity contribution in [2.24, 2.45) is 5.92 Å². The first-order valence-electron chi connectivity index (χ1n) is 8.12. The van der Waals surface area contributed by atoms with Gasteiger partial charge >= 0.3 is 5.97 Å². The van der Waals surface area contributed by atoms with E-state index >= 15 is 0 Å². The van der Waals surface area contributed by atoms with Gasteiger partial charge in [0.1, 0.15) is 5.52 Å². The van der Waals surface area contributed by atoms with Crippen LogP contribution >= 0.6 is 11.6 Å². The minimum Gasteiger partial charge on any atom is -0.481 e. The summed E-state index contributed by atoms with van der Waals surface area (Å²) in [6.45, 7) is 2.05. The number of benzene rings is 2. The molecule has 1 saturated heterocycles. The molecule has 0 bridgehead atoms. The second-order valence-corrected chi connectivity index (χ2v) is 6.81. The number of carboxylic acids is 1. The Morgan fingerprint density at radius 3 is 2.85 bits per heavy atom. The second kappa shape index (κ2) is 6.14. The highest BCUT2D eigenvalue weighted by molar-refractivity contribution is 6.31. The van der Waals surface area contributed by atoms with Gasteiger partial charge in [0.15, 0.2) is 5.58 Å². The Labute approximate surface area is 154 Å². The van der Waals surface area contributed by atoms with Gasteiger partial charge < -0.3 is 14.4 Å². The Hall–Kier alpha value is -2.86. The number of oxazole rings is 1. The highest BCUT2D eigenvalue weighted by Gasteiger charge is 2.35. The van der Waals surface area contributed by atoms with E-state index in [-0.39, 0.29) is 18.9 Å². The molecule has 2 heterocycles. The van der Waals surface area contributed by atoms with Gasteiger partial charge in [-0.3, -0.25) is 9.59 Å². The van der Waals surface area contributed by atoms with Crippen LogP contribution in [0.15, 0.2) is 40.8 Å². The van der Waals surface area contributed by atoms with Gasteiger partial charge in [-0.1, -0.05) is 17.7 Å². The van der Waals surface area contributed by atoms with Crippen molar-refractivity contribution in [2.75, 3.05) is 11.4 Å². The monoisotopic (exact) mass is 370 g/mol. The van der Waals surface area contributed by atoms with E-state index in [2.05, 4.69) is 4.98 Å². The predicted molar refractivity (Wildman–Crippen MR) is 97.3 cm³/mol. The lowest BCUT2D eigenvalue weighted by Gasteiger charge is -2.19. The number of halogens is 1. The first-order chi connectivity index (χ1) is 12.4. The molecule has 4 rings (SSSR count). The highest BCUT2D eigenvalue weighted by atomic mass is 35.5. The third-order valence-electron chi connectivity index (χ3n) is 4.57. The number of carbonyl (C=O) groups excluding carboxylic acids is 1. The number of nitrogens with zero attached hydrogens (tertiary/aromatic N) is 2. The normalized spacial score (nSPS) is 17.2. The molecule has 132 valence electrons. The fraction of sp³-hybridized carbons (Fsp3) is 0.211. The zero-order valence-corrected chi connectivity index (χ0v) is 14.7. The zero-order valence-electron chi connectivity index (χ0n) is 13.9. The molecule has 3 aromatic rings. The minimum absolute atomic E-state index is 0.0143. The molecule has 0 saturated carbocycles. The summed E-state index contributed by atoms with van der Waals surface area (Å²) in [7, 11) is 0. The number of amides is 1. The van der Waals surface area contributed by atoms with Crippen LogP contribution in [0.25, 0.3) is 22.6 Å². The largest absolute Gasteiger partial charge is 0.481 e. The third kappa shape index (κ3) is 2.82. The zero-order chi connectivity index (χ0) is 18.4. The van der Waals surface area contributed by atoms with Gasteiger partial charge in [0, 0.05) is 29.2 Å². The summed E-state index contributed by atoms with van der Waals surface area (Å²) in [6, 6.07) is 10.7. The molecule has 7 heteroatoms. The fourth-order valence-electron chi connectivity index (χ4n) is 3.16. The second-order valence-electron chi connectivity index (χ2n) is 6.38. The summed E-state index contributed by atoms with van der Waals surface area (Å²) >= 11 is 5.99. The maximum Gasteiger partial charge on any atom is 0.308 e. The number of aromatic nitrogens is 1. The highest BCUT2D eigenvalue weighted by Crippen LogP contribution is 2.33. The van der Waals surface area contributed by atoms with Gasteiger partial charge in [-0.15, -0.1) is 0 Å². The molecule has 1 unspecified atom stereocenters. The average molecular weight is 371 g/mol. The Bertz CT molecular complexity index is 1040. The van der Waals surface area contributed by atoms with Crippen molar-refractivity contribution in [3.8, 4) is 11.5 Å². The average Bonchev–Trinajstić information content (AvgIpc) is 3.18. The van der Waals surface area contributed by atoms with Gasteiger partial charge in [0.05, 0.1) is 5.92 Å². The maximum absolute atomic E-state index is 12.3. The molecule has 1 fully saturated rings. The molecule has 1 N–H and O–H groups in total. The molecule has 6 nitrogen and oxygen atoms in total. The van der Waals surface area contributed by atoms with E-state index in [0.29, 0.717) is 33.3 Å². The molecular weight excluding hydrogens is 356 g/mol. The molecule has 0 radical (unpaired) electrons. The Balaban J connectivity index is 1.74. The molecule has 2 aromatic carbocycles. The molecule has 1 atom stereocenters. The van der Waals surface area contributed by atoms with Crippen molar-refractivity contribution >= 4 is 40.3 Å². The van der Waals surface area contributed by atoms with Crippen LogP contribution in [0, 0.1) is 12.8 Å². The Morgan fingerprint density at radius 1 is 1.31 bits per heavy atom. The van der Waals surface area contributed by atoms with Crippen molar-refractivity contribution in [3.05, 3.63) is 47.0 Å². The molecule has 0 spiro atoms. The summed E-state index contributed by atoms with van der Waals surface area (Å²) in [5, 5.41) is 9.76. The van der Waals surface area contributed by atoms with Gasteiger partial charge in [0.2, 0.25) is 11.8 Å². The van der Waals surface area contributed by atoms with E-state index in [1.165, 1.54) is 4.90 Å². The van der Waals surface area contributed by atoms with Crippen LogP contribution in [0.1, 0.15) is 12.0 Å². The number of hydrogen-bond acceptors (Lipinski definition) is 4. The predicted octanol–water partition coefficient (Wildman–Crippen LogP) is 3.89. The lowest BCUT2D eigenvalue weighted by Crippen LogP contribution is -2.26. The van der Waals surface area contributed by atoms with E-state index in [0.717, 1.165) is 5.56 Å². The number of carbonyl (C=O) groups is 2. The lowest BCUT2D eigenvalue weighted by molar-refractivity contribution is -0.141. The summed E-state index contributed by atoms with van der Waals surface area (Å²) < 4.78 is 5.79. The Kier molecular flexibility index (Phi) is 3.92. The summed E-state index contributed by atoms with van der Waals surface area (Å²) in [6.07, 6.45) is 0.0143. The van der Waals surface area contributed by atoms with Crippen LogP contribution in [0.2, 0.25) is 5.02 Å². The van der Waals surface area contributed by atoms with Crippen molar-refractivity contribution in [1.29, 1.82) is 0 Å². The first-order valence-corrected chi connectivity index (χ1v) is 8.50. The molecular formula is C19H15ClN2O4. The van der Waals surface area contributed by atoms with E-state index in [4.69, 9.17) is 16.0 Å². The van der Waals surface area contributed by atoms with Gasteiger partial charge in [-0.2, -0.15) is 0 Å². The van der Waals surface area contributed by atoms with E-state index in [1.807, 2.05) is 25.1 Å². The van der Waals surface area contributed by atoms with Crippen molar-refractivity contribution in [3.63, 3.8) is 0 Å². The number of rotatable bonds is 3. The van der Waals surface area contributed by atoms with Crippen LogP contribution < -0.4 is 4.90 Å². The number of fused-ring (bicyclic) bond motifs is 1. The molecule has 1 aliphatic rings. The topological polar surface area (TPSA) is 83.6 Å². The van der Waals surface area contributed by atoms with Crippen molar-refractivity contribution < 1.29 is 19.1 Å². The van der Waals surface area contributed by atoms with Crippen LogP contribution in [0.4, 0.5) is 5.69 Å². The van der Waals surface area contributed by atoms with Crippen LogP contribution in [-0.2, 0) is 9.59 Å². The maximum atomic E-state index is 12.3. The molecule has 26 heavy (non-hydrogen) atoms. The first kappa shape index (κ1) is 16.6. The van der Waals surface area contributed by atoms with Crippen molar-refractivity contribution in [2.45, 2.75) is 13.3 Å². The number of hydrogen-bond donors (Lipinski definition) is 1.